The molecular formula is C33H28Cl2N2O5. The van der Waals surface area contributed by atoms with Gasteiger partial charge in [0.05, 0.1) is 17.5 Å². The van der Waals surface area contributed by atoms with E-state index >= 15 is 0 Å². The quantitative estimate of drug-likeness (QED) is 0.249. The highest BCUT2D eigenvalue weighted by Crippen LogP contribution is 2.66. The number of amides is 4. The van der Waals surface area contributed by atoms with Crippen molar-refractivity contribution < 1.29 is 24.3 Å². The van der Waals surface area contributed by atoms with Crippen molar-refractivity contribution in [3.05, 3.63) is 83.4 Å². The van der Waals surface area contributed by atoms with Crippen LogP contribution in [-0.2, 0) is 25.6 Å². The standard InChI is InChI=1S/C33H28Cl2N2O5/c1-3-17-8-10-18(11-9-17)37-28(39)23-13-12-22-24(26(23)29(37)40)16-32(34)30(41)36(2)31(42)33(32,35)27(22)21-14-15-25(38)20-7-5-4-6-19(20)21/h4-12,14-15,23-24,26-27,38H,3,13,16H2,1-2H3/t23-,24+,26-,27-,32+,33-/m0/s1. The summed E-state index contributed by atoms with van der Waals surface area (Å²) in [5.74, 6) is -4.68. The number of aryl methyl sites for hydroxylation is 1. The number of phenolic OH excluding ortho intramolecular Hbond substituents is 1. The highest BCUT2D eigenvalue weighted by atomic mass is 35.5. The van der Waals surface area contributed by atoms with Gasteiger partial charge in [0.15, 0.2) is 9.75 Å². The summed E-state index contributed by atoms with van der Waals surface area (Å²) in [6.45, 7) is 2.03. The monoisotopic (exact) mass is 602 g/mol. The van der Waals surface area contributed by atoms with E-state index in [1.54, 1.807) is 36.4 Å². The van der Waals surface area contributed by atoms with Crippen molar-refractivity contribution in [1.29, 1.82) is 0 Å². The molecule has 9 heteroatoms. The summed E-state index contributed by atoms with van der Waals surface area (Å²) >= 11 is 14.6. The Hall–Kier alpha value is -3.68. The Kier molecular flexibility index (Phi) is 5.92. The smallest absolute Gasteiger partial charge is 0.253 e. The van der Waals surface area contributed by atoms with Crippen LogP contribution in [0.25, 0.3) is 10.8 Å². The maximum atomic E-state index is 14.2. The number of nitrogens with zero attached hydrogens (tertiary/aromatic N) is 2. The van der Waals surface area contributed by atoms with Gasteiger partial charge in [-0.1, -0.05) is 61.0 Å². The molecule has 0 bridgehead atoms. The molecule has 0 unspecified atom stereocenters. The third-order valence-electron chi connectivity index (χ3n) is 9.86. The first-order chi connectivity index (χ1) is 20.0. The summed E-state index contributed by atoms with van der Waals surface area (Å²) in [5.41, 5.74) is 2.94. The maximum Gasteiger partial charge on any atom is 0.253 e. The Labute approximate surface area is 252 Å². The number of benzene rings is 3. The number of likely N-dealkylation sites (tertiary alicyclic amines) is 1. The van der Waals surface area contributed by atoms with E-state index in [1.165, 1.54) is 11.9 Å². The Bertz CT molecular complexity index is 1750. The third kappa shape index (κ3) is 3.29. The number of alkyl halides is 2. The fourth-order valence-corrected chi connectivity index (χ4v) is 8.79. The lowest BCUT2D eigenvalue weighted by Gasteiger charge is -2.51. The summed E-state index contributed by atoms with van der Waals surface area (Å²) < 4.78 is 0. The van der Waals surface area contributed by atoms with Gasteiger partial charge in [0.25, 0.3) is 11.8 Å². The first kappa shape index (κ1) is 27.2. The van der Waals surface area contributed by atoms with Crippen LogP contribution in [0.5, 0.6) is 5.75 Å². The van der Waals surface area contributed by atoms with Crippen molar-refractivity contribution in [1.82, 2.24) is 4.90 Å². The van der Waals surface area contributed by atoms with E-state index < -0.39 is 45.2 Å². The van der Waals surface area contributed by atoms with Crippen molar-refractivity contribution in [3.8, 4) is 5.75 Å². The van der Waals surface area contributed by atoms with Gasteiger partial charge >= 0.3 is 0 Å². The normalized spacial score (nSPS) is 32.2. The topological polar surface area (TPSA) is 95.0 Å². The number of halogens is 2. The molecule has 2 heterocycles. The van der Waals surface area contributed by atoms with Gasteiger partial charge in [0.2, 0.25) is 11.8 Å². The first-order valence-corrected chi connectivity index (χ1v) is 14.9. The minimum atomic E-state index is -1.88. The van der Waals surface area contributed by atoms with E-state index in [-0.39, 0.29) is 30.4 Å². The number of phenols is 1. The number of rotatable bonds is 3. The van der Waals surface area contributed by atoms with Crippen LogP contribution in [0.2, 0.25) is 0 Å². The lowest BCUT2D eigenvalue weighted by Crippen LogP contribution is -2.60. The second-order valence-corrected chi connectivity index (χ2v) is 13.0. The number of hydrogen-bond donors (Lipinski definition) is 1. The van der Waals surface area contributed by atoms with Crippen LogP contribution in [-0.4, -0.2) is 50.4 Å². The van der Waals surface area contributed by atoms with E-state index in [9.17, 15) is 24.3 Å². The van der Waals surface area contributed by atoms with Gasteiger partial charge in [-0.2, -0.15) is 0 Å². The van der Waals surface area contributed by atoms with Crippen molar-refractivity contribution in [2.24, 2.45) is 17.8 Å². The summed E-state index contributed by atoms with van der Waals surface area (Å²) in [4.78, 5) is 54.0. The zero-order valence-corrected chi connectivity index (χ0v) is 24.5. The predicted molar refractivity (Wildman–Crippen MR) is 159 cm³/mol. The molecule has 42 heavy (non-hydrogen) atoms. The number of fused-ring (bicyclic) bond motifs is 5. The van der Waals surface area contributed by atoms with E-state index in [1.807, 2.05) is 37.3 Å². The van der Waals surface area contributed by atoms with Gasteiger partial charge in [-0.15, -0.1) is 23.2 Å². The predicted octanol–water partition coefficient (Wildman–Crippen LogP) is 5.30. The molecule has 3 aromatic carbocycles. The molecule has 2 saturated heterocycles. The Morgan fingerprint density at radius 3 is 2.26 bits per heavy atom. The molecule has 3 aromatic rings. The molecule has 0 radical (unpaired) electrons. The number of aromatic hydroxyl groups is 1. The fraction of sp³-hybridized carbons (Fsp3) is 0.333. The van der Waals surface area contributed by atoms with Crippen molar-refractivity contribution >= 4 is 63.3 Å². The van der Waals surface area contributed by atoms with Gasteiger partial charge in [-0.3, -0.25) is 29.0 Å². The summed E-state index contributed by atoms with van der Waals surface area (Å²) in [6.07, 6.45) is 2.98. The lowest BCUT2D eigenvalue weighted by atomic mass is 9.56. The molecule has 2 aliphatic carbocycles. The number of carbonyl (C=O) groups is 4. The zero-order chi connectivity index (χ0) is 29.7. The highest BCUT2D eigenvalue weighted by Gasteiger charge is 2.76. The Morgan fingerprint density at radius 1 is 0.881 bits per heavy atom. The van der Waals surface area contributed by atoms with E-state index in [2.05, 4.69) is 0 Å². The van der Waals surface area contributed by atoms with Gasteiger partial charge in [-0.05, 0) is 59.9 Å². The average Bonchev–Trinajstić information content (AvgIpc) is 3.33. The second-order valence-electron chi connectivity index (χ2n) is 11.7. The minimum absolute atomic E-state index is 0.0614. The van der Waals surface area contributed by atoms with Crippen LogP contribution in [0, 0.1) is 17.8 Å². The van der Waals surface area contributed by atoms with Gasteiger partial charge < -0.3 is 5.11 Å². The molecular weight excluding hydrogens is 575 g/mol. The van der Waals surface area contributed by atoms with E-state index in [0.717, 1.165) is 22.5 Å². The maximum absolute atomic E-state index is 14.2. The molecule has 214 valence electrons. The summed E-state index contributed by atoms with van der Waals surface area (Å²) in [5, 5.41) is 11.9. The Morgan fingerprint density at radius 2 is 1.57 bits per heavy atom. The van der Waals surface area contributed by atoms with Crippen LogP contribution in [0.1, 0.15) is 36.8 Å². The summed E-state index contributed by atoms with van der Waals surface area (Å²) in [7, 11) is 1.37. The van der Waals surface area contributed by atoms with Crippen LogP contribution >= 0.6 is 23.2 Å². The molecule has 0 spiro atoms. The Balaban J connectivity index is 1.42. The SMILES string of the molecule is CCc1ccc(N2C(=O)[C@H]3[C@H](CC=C4[C@H]3C[C@@]3(Cl)C(=O)N(C)C(=O)[C@@]3(Cl)[C@H]4c3ccc(O)c4ccccc34)C2=O)cc1. The molecule has 1 N–H and O–H groups in total. The minimum Gasteiger partial charge on any atom is -0.507 e. The zero-order valence-electron chi connectivity index (χ0n) is 23.0. The van der Waals surface area contributed by atoms with Crippen molar-refractivity contribution in [3.63, 3.8) is 0 Å². The largest absolute Gasteiger partial charge is 0.507 e. The van der Waals surface area contributed by atoms with Crippen LogP contribution in [0.4, 0.5) is 5.69 Å². The van der Waals surface area contributed by atoms with E-state index in [4.69, 9.17) is 23.2 Å². The molecule has 1 saturated carbocycles. The molecule has 2 aliphatic heterocycles. The molecule has 0 aromatic heterocycles. The van der Waals surface area contributed by atoms with Crippen molar-refractivity contribution in [2.45, 2.75) is 41.9 Å². The molecule has 4 amide bonds. The van der Waals surface area contributed by atoms with Crippen molar-refractivity contribution in [2.75, 3.05) is 11.9 Å². The number of imide groups is 2. The molecule has 6 atom stereocenters. The second kappa shape index (κ2) is 9.16. The van der Waals surface area contributed by atoms with E-state index in [0.29, 0.717) is 22.0 Å². The van der Waals surface area contributed by atoms with Gasteiger partial charge in [-0.25, -0.2) is 0 Å². The third-order valence-corrected chi connectivity index (χ3v) is 11.3. The molecule has 3 fully saturated rings. The summed E-state index contributed by atoms with van der Waals surface area (Å²) in [6, 6.07) is 17.8. The first-order valence-electron chi connectivity index (χ1n) is 14.1. The average molecular weight is 604 g/mol. The highest BCUT2D eigenvalue weighted by molar-refractivity contribution is 6.53. The lowest BCUT2D eigenvalue weighted by molar-refractivity contribution is -0.138. The number of allylic oxidation sites excluding steroid dienone is 2. The number of anilines is 1. The molecule has 7 rings (SSSR count). The molecule has 7 nitrogen and oxygen atoms in total. The van der Waals surface area contributed by atoms with Crippen LogP contribution < -0.4 is 4.90 Å². The fourth-order valence-electron chi connectivity index (χ4n) is 7.78. The van der Waals surface area contributed by atoms with Gasteiger partial charge in [0.1, 0.15) is 5.75 Å². The van der Waals surface area contributed by atoms with Crippen LogP contribution in [0.15, 0.2) is 72.3 Å². The van der Waals surface area contributed by atoms with Crippen LogP contribution in [0.3, 0.4) is 0 Å². The molecule has 4 aliphatic rings. The van der Waals surface area contributed by atoms with Gasteiger partial charge in [0, 0.05) is 18.4 Å². The number of hydrogen-bond acceptors (Lipinski definition) is 5. The number of carbonyl (C=O) groups excluding carboxylic acids is 4.